The number of rotatable bonds is 7. The van der Waals surface area contributed by atoms with Gasteiger partial charge in [0.2, 0.25) is 0 Å². The van der Waals surface area contributed by atoms with E-state index in [-0.39, 0.29) is 18.2 Å². The van der Waals surface area contributed by atoms with Crippen LogP contribution in [-0.4, -0.2) is 25.5 Å². The van der Waals surface area contributed by atoms with Crippen molar-refractivity contribution in [1.29, 1.82) is 0 Å². The molecule has 2 aromatic carbocycles. The molecular weight excluding hydrogens is 496 g/mol. The molecule has 0 aliphatic carbocycles. The zero-order valence-corrected chi connectivity index (χ0v) is 19.4. The molecule has 0 saturated heterocycles. The van der Waals surface area contributed by atoms with Gasteiger partial charge in [-0.2, -0.15) is 10.2 Å². The van der Waals surface area contributed by atoms with Crippen LogP contribution in [0.5, 0.6) is 5.75 Å². The Morgan fingerprint density at radius 3 is 2.67 bits per heavy atom. The Bertz CT molecular complexity index is 1320. The van der Waals surface area contributed by atoms with E-state index in [9.17, 15) is 13.6 Å². The van der Waals surface area contributed by atoms with E-state index < -0.39 is 17.5 Å². The SMILES string of the molecule is Cc1nn(Cc2cccc(NC(=O)c3ccn(COc4ccc(F)cc4F)n3)c2)c(C)c1Br. The van der Waals surface area contributed by atoms with Crippen molar-refractivity contribution in [3.63, 3.8) is 0 Å². The highest BCUT2D eigenvalue weighted by Crippen LogP contribution is 2.22. The first kappa shape index (κ1) is 22.7. The molecule has 0 spiro atoms. The van der Waals surface area contributed by atoms with Gasteiger partial charge in [-0.15, -0.1) is 0 Å². The van der Waals surface area contributed by atoms with Gasteiger partial charge in [-0.3, -0.25) is 9.48 Å². The third-order valence-corrected chi connectivity index (χ3v) is 6.08. The fourth-order valence-electron chi connectivity index (χ4n) is 3.23. The predicted molar refractivity (Wildman–Crippen MR) is 122 cm³/mol. The molecule has 4 rings (SSSR count). The molecule has 0 aliphatic rings. The zero-order chi connectivity index (χ0) is 23.5. The highest BCUT2D eigenvalue weighted by Gasteiger charge is 2.13. The van der Waals surface area contributed by atoms with Crippen molar-refractivity contribution in [2.75, 3.05) is 5.32 Å². The minimum Gasteiger partial charge on any atom is -0.468 e. The normalized spacial score (nSPS) is 10.9. The maximum Gasteiger partial charge on any atom is 0.276 e. The number of hydrogen-bond donors (Lipinski definition) is 1. The Morgan fingerprint density at radius 2 is 1.94 bits per heavy atom. The van der Waals surface area contributed by atoms with Gasteiger partial charge in [-0.1, -0.05) is 12.1 Å². The topological polar surface area (TPSA) is 74.0 Å². The summed E-state index contributed by atoms with van der Waals surface area (Å²) >= 11 is 3.53. The van der Waals surface area contributed by atoms with Gasteiger partial charge >= 0.3 is 0 Å². The van der Waals surface area contributed by atoms with Crippen LogP contribution in [0.3, 0.4) is 0 Å². The number of hydrogen-bond acceptors (Lipinski definition) is 4. The summed E-state index contributed by atoms with van der Waals surface area (Å²) in [7, 11) is 0. The molecule has 1 N–H and O–H groups in total. The fourth-order valence-corrected chi connectivity index (χ4v) is 3.51. The predicted octanol–water partition coefficient (Wildman–Crippen LogP) is 5.07. The first-order valence-corrected chi connectivity index (χ1v) is 10.8. The number of aryl methyl sites for hydroxylation is 1. The van der Waals surface area contributed by atoms with Crippen molar-refractivity contribution >= 4 is 27.5 Å². The lowest BCUT2D eigenvalue weighted by Gasteiger charge is -2.08. The minimum atomic E-state index is -0.812. The van der Waals surface area contributed by atoms with E-state index in [1.807, 2.05) is 36.7 Å². The molecule has 0 radical (unpaired) electrons. The molecule has 2 heterocycles. The summed E-state index contributed by atoms with van der Waals surface area (Å²) in [5.74, 6) is -2.00. The zero-order valence-electron chi connectivity index (χ0n) is 17.8. The number of aromatic nitrogens is 4. The van der Waals surface area contributed by atoms with Crippen LogP contribution in [0, 0.1) is 25.5 Å². The van der Waals surface area contributed by atoms with Crippen molar-refractivity contribution in [2.45, 2.75) is 27.1 Å². The summed E-state index contributed by atoms with van der Waals surface area (Å²) in [4.78, 5) is 12.6. The number of benzene rings is 2. The summed E-state index contributed by atoms with van der Waals surface area (Å²) in [6.45, 7) is 4.35. The van der Waals surface area contributed by atoms with Gasteiger partial charge in [0.15, 0.2) is 24.0 Å². The second-order valence-corrected chi connectivity index (χ2v) is 8.18. The highest BCUT2D eigenvalue weighted by atomic mass is 79.9. The van der Waals surface area contributed by atoms with E-state index in [4.69, 9.17) is 4.74 Å². The number of ether oxygens (including phenoxy) is 1. The van der Waals surface area contributed by atoms with E-state index in [1.165, 1.54) is 23.0 Å². The van der Waals surface area contributed by atoms with Crippen LogP contribution in [0.4, 0.5) is 14.5 Å². The maximum absolute atomic E-state index is 13.7. The van der Waals surface area contributed by atoms with Gasteiger partial charge in [-0.05, 0) is 65.7 Å². The minimum absolute atomic E-state index is 0.107. The first-order chi connectivity index (χ1) is 15.8. The van der Waals surface area contributed by atoms with E-state index in [0.717, 1.165) is 33.6 Å². The van der Waals surface area contributed by atoms with Crippen molar-refractivity contribution in [3.8, 4) is 5.75 Å². The Balaban J connectivity index is 1.39. The Morgan fingerprint density at radius 1 is 1.12 bits per heavy atom. The Labute approximate surface area is 197 Å². The molecule has 0 saturated carbocycles. The van der Waals surface area contributed by atoms with Gasteiger partial charge in [-0.25, -0.2) is 13.5 Å². The summed E-state index contributed by atoms with van der Waals surface area (Å²) < 4.78 is 36.2. The van der Waals surface area contributed by atoms with Crippen molar-refractivity contribution in [3.05, 3.63) is 93.5 Å². The van der Waals surface area contributed by atoms with Crippen LogP contribution in [0.25, 0.3) is 0 Å². The molecule has 4 aromatic rings. The number of nitrogens with zero attached hydrogens (tertiary/aromatic N) is 4. The summed E-state index contributed by atoms with van der Waals surface area (Å²) in [5.41, 5.74) is 3.71. The number of halogens is 3. The third-order valence-electron chi connectivity index (χ3n) is 4.93. The van der Waals surface area contributed by atoms with Crippen LogP contribution in [0.1, 0.15) is 27.4 Å². The molecule has 10 heteroatoms. The van der Waals surface area contributed by atoms with Crippen molar-refractivity contribution < 1.29 is 18.3 Å². The molecule has 33 heavy (non-hydrogen) atoms. The van der Waals surface area contributed by atoms with Crippen LogP contribution in [0.2, 0.25) is 0 Å². The van der Waals surface area contributed by atoms with E-state index in [1.54, 1.807) is 6.07 Å². The number of anilines is 1. The van der Waals surface area contributed by atoms with Crippen LogP contribution in [-0.2, 0) is 13.3 Å². The number of amides is 1. The van der Waals surface area contributed by atoms with Gasteiger partial charge in [0.25, 0.3) is 5.91 Å². The average Bonchev–Trinajstić information content (AvgIpc) is 3.34. The molecule has 0 bridgehead atoms. The van der Waals surface area contributed by atoms with E-state index >= 15 is 0 Å². The largest absolute Gasteiger partial charge is 0.468 e. The first-order valence-electron chi connectivity index (χ1n) is 10.0. The molecule has 0 aliphatic heterocycles. The molecule has 0 atom stereocenters. The molecule has 7 nitrogen and oxygen atoms in total. The second kappa shape index (κ2) is 9.53. The molecule has 0 unspecified atom stereocenters. The molecule has 0 fully saturated rings. The van der Waals surface area contributed by atoms with E-state index in [2.05, 4.69) is 31.4 Å². The molecule has 170 valence electrons. The standard InChI is InChI=1S/C23H20BrF2N5O2/c1-14-22(24)15(2)31(28-14)12-16-4-3-5-18(10-16)27-23(32)20-8-9-30(29-20)13-33-21-7-6-17(25)11-19(21)26/h3-11H,12-13H2,1-2H3,(H,27,32). The van der Waals surface area contributed by atoms with Gasteiger partial charge < -0.3 is 10.1 Å². The fraction of sp³-hybridized carbons (Fsp3) is 0.174. The Kier molecular flexibility index (Phi) is 6.55. The quantitative estimate of drug-likeness (QED) is 0.372. The lowest BCUT2D eigenvalue weighted by Crippen LogP contribution is -2.14. The number of carbonyl (C=O) groups is 1. The maximum atomic E-state index is 13.7. The van der Waals surface area contributed by atoms with Crippen LogP contribution in [0.15, 0.2) is 59.2 Å². The van der Waals surface area contributed by atoms with Gasteiger partial charge in [0.1, 0.15) is 5.82 Å². The van der Waals surface area contributed by atoms with Crippen LogP contribution >= 0.6 is 15.9 Å². The van der Waals surface area contributed by atoms with E-state index in [0.29, 0.717) is 12.2 Å². The van der Waals surface area contributed by atoms with Crippen LogP contribution < -0.4 is 10.1 Å². The molecular formula is C23H20BrF2N5O2. The second-order valence-electron chi connectivity index (χ2n) is 7.39. The summed E-state index contributed by atoms with van der Waals surface area (Å²) in [5, 5.41) is 11.5. The smallest absolute Gasteiger partial charge is 0.276 e. The molecule has 1 amide bonds. The third kappa shape index (κ3) is 5.28. The Hall–Kier alpha value is -3.53. The monoisotopic (exact) mass is 515 g/mol. The number of carbonyl (C=O) groups excluding carboxylic acids is 1. The number of nitrogens with one attached hydrogen (secondary N) is 1. The lowest BCUT2D eigenvalue weighted by atomic mass is 10.2. The van der Waals surface area contributed by atoms with Crippen molar-refractivity contribution in [2.24, 2.45) is 0 Å². The summed E-state index contributed by atoms with van der Waals surface area (Å²) in [6.07, 6.45) is 1.54. The van der Waals surface area contributed by atoms with Crippen molar-refractivity contribution in [1.82, 2.24) is 19.6 Å². The van der Waals surface area contributed by atoms with Gasteiger partial charge in [0, 0.05) is 18.0 Å². The van der Waals surface area contributed by atoms with Gasteiger partial charge in [0.05, 0.1) is 22.4 Å². The highest BCUT2D eigenvalue weighted by molar-refractivity contribution is 9.10. The average molecular weight is 516 g/mol. The lowest BCUT2D eigenvalue weighted by molar-refractivity contribution is 0.102. The molecule has 2 aromatic heterocycles. The summed E-state index contributed by atoms with van der Waals surface area (Å²) in [6, 6.07) is 12.0.